The number of nitrogens with one attached hydrogen (secondary N) is 2. The maximum atomic E-state index is 11.9. The maximum Gasteiger partial charge on any atom is 0.313 e. The molecule has 2 aromatic carbocycles. The van der Waals surface area contributed by atoms with Gasteiger partial charge in [0.15, 0.2) is 0 Å². The van der Waals surface area contributed by atoms with E-state index in [-0.39, 0.29) is 6.54 Å². The molecule has 0 bridgehead atoms. The summed E-state index contributed by atoms with van der Waals surface area (Å²) in [5.74, 6) is -1.55. The van der Waals surface area contributed by atoms with Crippen molar-refractivity contribution in [2.75, 3.05) is 11.9 Å². The van der Waals surface area contributed by atoms with Crippen molar-refractivity contribution in [3.8, 4) is 0 Å². The Labute approximate surface area is 151 Å². The lowest BCUT2D eigenvalue weighted by atomic mass is 10.1. The molecule has 0 radical (unpaired) electrons. The normalized spacial score (nSPS) is 12.0. The average Bonchev–Trinajstić information content (AvgIpc) is 3.01. The highest BCUT2D eigenvalue weighted by Crippen LogP contribution is 2.20. The number of hydrogen-bond donors (Lipinski definition) is 3. The largest absolute Gasteiger partial charge is 0.387 e. The molecule has 3 rings (SSSR count). The fraction of sp³-hybridized carbons (Fsp3) is 0.200. The Hall–Kier alpha value is -3.12. The van der Waals surface area contributed by atoms with E-state index in [0.29, 0.717) is 11.3 Å². The van der Waals surface area contributed by atoms with Crippen LogP contribution in [0.2, 0.25) is 0 Å². The minimum Gasteiger partial charge on any atom is -0.387 e. The van der Waals surface area contributed by atoms with Gasteiger partial charge in [0.05, 0.1) is 6.10 Å². The Bertz CT molecular complexity index is 945. The number of hydrogen-bond acceptors (Lipinski definition) is 3. The molecule has 0 aliphatic heterocycles. The monoisotopic (exact) mass is 351 g/mol. The molecule has 134 valence electrons. The summed E-state index contributed by atoms with van der Waals surface area (Å²) < 4.78 is 1.99. The topological polar surface area (TPSA) is 83.4 Å². The van der Waals surface area contributed by atoms with Crippen molar-refractivity contribution in [2.45, 2.75) is 13.0 Å². The van der Waals surface area contributed by atoms with Crippen molar-refractivity contribution in [1.82, 2.24) is 9.88 Å². The quantitative estimate of drug-likeness (QED) is 0.631. The highest BCUT2D eigenvalue weighted by atomic mass is 16.3. The second-order valence-electron chi connectivity index (χ2n) is 6.29. The minimum absolute atomic E-state index is 0.0432. The van der Waals surface area contributed by atoms with E-state index in [2.05, 4.69) is 10.6 Å². The van der Waals surface area contributed by atoms with E-state index >= 15 is 0 Å². The number of amides is 2. The van der Waals surface area contributed by atoms with Crippen molar-refractivity contribution in [3.63, 3.8) is 0 Å². The molecule has 26 heavy (non-hydrogen) atoms. The van der Waals surface area contributed by atoms with Crippen LogP contribution in [0.3, 0.4) is 0 Å². The molecule has 1 aromatic heterocycles. The minimum atomic E-state index is -0.893. The van der Waals surface area contributed by atoms with Gasteiger partial charge in [-0.05, 0) is 48.2 Å². The Balaban J connectivity index is 1.57. The van der Waals surface area contributed by atoms with E-state index < -0.39 is 17.9 Å². The fourth-order valence-corrected chi connectivity index (χ4v) is 2.72. The zero-order valence-electron chi connectivity index (χ0n) is 14.7. The molecule has 6 nitrogen and oxygen atoms in total. The van der Waals surface area contributed by atoms with Gasteiger partial charge in [0.25, 0.3) is 0 Å². The standard InChI is InChI=1S/C20H21N3O3/c1-13-3-6-16(7-4-13)22-20(26)19(25)21-12-18(24)15-5-8-17-14(11-15)9-10-23(17)2/h3-11,18,24H,12H2,1-2H3,(H,21,25)(H,22,26). The number of fused-ring (bicyclic) bond motifs is 1. The Morgan fingerprint density at radius 3 is 2.54 bits per heavy atom. The number of anilines is 1. The fourth-order valence-electron chi connectivity index (χ4n) is 2.72. The molecule has 0 aliphatic rings. The number of aliphatic hydroxyl groups excluding tert-OH is 1. The smallest absolute Gasteiger partial charge is 0.313 e. The first-order chi connectivity index (χ1) is 12.4. The van der Waals surface area contributed by atoms with Crippen molar-refractivity contribution in [1.29, 1.82) is 0 Å². The lowest BCUT2D eigenvalue weighted by Gasteiger charge is -2.13. The van der Waals surface area contributed by atoms with Crippen LogP contribution in [-0.2, 0) is 16.6 Å². The van der Waals surface area contributed by atoms with Crippen LogP contribution in [0.25, 0.3) is 10.9 Å². The summed E-state index contributed by atoms with van der Waals surface area (Å²) in [5.41, 5.74) is 3.35. The Morgan fingerprint density at radius 1 is 1.08 bits per heavy atom. The van der Waals surface area contributed by atoms with Crippen molar-refractivity contribution >= 4 is 28.4 Å². The van der Waals surface area contributed by atoms with E-state index in [0.717, 1.165) is 16.5 Å². The molecule has 0 saturated heterocycles. The number of benzene rings is 2. The van der Waals surface area contributed by atoms with Crippen molar-refractivity contribution in [2.24, 2.45) is 7.05 Å². The van der Waals surface area contributed by atoms with Crippen molar-refractivity contribution < 1.29 is 14.7 Å². The molecule has 2 amide bonds. The van der Waals surface area contributed by atoms with E-state index in [1.165, 1.54) is 0 Å². The highest BCUT2D eigenvalue weighted by molar-refractivity contribution is 6.39. The van der Waals surface area contributed by atoms with Gasteiger partial charge in [0, 0.05) is 31.0 Å². The molecule has 1 atom stereocenters. The molecule has 3 N–H and O–H groups in total. The number of aryl methyl sites for hydroxylation is 2. The van der Waals surface area contributed by atoms with Crippen LogP contribution in [-0.4, -0.2) is 28.0 Å². The first-order valence-electron chi connectivity index (χ1n) is 8.33. The Morgan fingerprint density at radius 2 is 1.81 bits per heavy atom. The van der Waals surface area contributed by atoms with Crippen LogP contribution in [0.5, 0.6) is 0 Å². The molecular formula is C20H21N3O3. The van der Waals surface area contributed by atoms with Gasteiger partial charge >= 0.3 is 11.8 Å². The summed E-state index contributed by atoms with van der Waals surface area (Å²) in [5, 5.41) is 16.3. The third kappa shape index (κ3) is 3.92. The molecule has 0 aliphatic carbocycles. The zero-order valence-corrected chi connectivity index (χ0v) is 14.7. The van der Waals surface area contributed by atoms with Crippen LogP contribution in [0, 0.1) is 6.92 Å². The summed E-state index contributed by atoms with van der Waals surface area (Å²) in [4.78, 5) is 23.8. The first kappa shape index (κ1) is 17.7. The number of aliphatic hydroxyl groups is 1. The molecule has 1 unspecified atom stereocenters. The van der Waals surface area contributed by atoms with E-state index in [1.807, 2.05) is 61.1 Å². The molecule has 0 saturated carbocycles. The summed E-state index contributed by atoms with van der Waals surface area (Å²) in [7, 11) is 1.95. The zero-order chi connectivity index (χ0) is 18.7. The van der Waals surface area contributed by atoms with Gasteiger partial charge in [-0.25, -0.2) is 0 Å². The maximum absolute atomic E-state index is 11.9. The molecule has 0 spiro atoms. The number of nitrogens with zero attached hydrogens (tertiary/aromatic N) is 1. The number of aromatic nitrogens is 1. The van der Waals surface area contributed by atoms with E-state index in [4.69, 9.17) is 0 Å². The average molecular weight is 351 g/mol. The van der Waals surface area contributed by atoms with Gasteiger partial charge in [0.2, 0.25) is 0 Å². The van der Waals surface area contributed by atoms with Gasteiger partial charge in [0.1, 0.15) is 0 Å². The highest BCUT2D eigenvalue weighted by Gasteiger charge is 2.16. The van der Waals surface area contributed by atoms with Crippen LogP contribution in [0.1, 0.15) is 17.2 Å². The number of rotatable bonds is 4. The molecular weight excluding hydrogens is 330 g/mol. The van der Waals surface area contributed by atoms with Gasteiger partial charge in [-0.2, -0.15) is 0 Å². The third-order valence-electron chi connectivity index (χ3n) is 4.27. The number of carbonyl (C=O) groups excluding carboxylic acids is 2. The van der Waals surface area contributed by atoms with E-state index in [9.17, 15) is 14.7 Å². The first-order valence-corrected chi connectivity index (χ1v) is 8.33. The SMILES string of the molecule is Cc1ccc(NC(=O)C(=O)NCC(O)c2ccc3c(ccn3C)c2)cc1. The number of carbonyl (C=O) groups is 2. The molecule has 6 heteroatoms. The van der Waals surface area contributed by atoms with Crippen molar-refractivity contribution in [3.05, 3.63) is 65.9 Å². The summed E-state index contributed by atoms with van der Waals surface area (Å²) in [6, 6.07) is 14.7. The van der Waals surface area contributed by atoms with Crippen LogP contribution < -0.4 is 10.6 Å². The van der Waals surface area contributed by atoms with Gasteiger partial charge < -0.3 is 20.3 Å². The lowest BCUT2D eigenvalue weighted by molar-refractivity contribution is -0.136. The summed E-state index contributed by atoms with van der Waals surface area (Å²) >= 11 is 0. The molecule has 1 heterocycles. The van der Waals surface area contributed by atoms with Crippen LogP contribution in [0.15, 0.2) is 54.7 Å². The second-order valence-corrected chi connectivity index (χ2v) is 6.29. The van der Waals surface area contributed by atoms with Crippen LogP contribution in [0.4, 0.5) is 5.69 Å². The summed E-state index contributed by atoms with van der Waals surface area (Å²) in [6.07, 6.45) is 1.05. The summed E-state index contributed by atoms with van der Waals surface area (Å²) in [6.45, 7) is 1.89. The van der Waals surface area contributed by atoms with Crippen LogP contribution >= 0.6 is 0 Å². The predicted molar refractivity (Wildman–Crippen MR) is 101 cm³/mol. The predicted octanol–water partition coefficient (Wildman–Crippen LogP) is 2.28. The van der Waals surface area contributed by atoms with Gasteiger partial charge in [-0.1, -0.05) is 23.8 Å². The second kappa shape index (κ2) is 7.41. The third-order valence-corrected chi connectivity index (χ3v) is 4.27. The van der Waals surface area contributed by atoms with Gasteiger partial charge in [-0.15, -0.1) is 0 Å². The lowest BCUT2D eigenvalue weighted by Crippen LogP contribution is -2.37. The molecule has 0 fully saturated rings. The van der Waals surface area contributed by atoms with E-state index in [1.54, 1.807) is 12.1 Å². The van der Waals surface area contributed by atoms with Gasteiger partial charge in [-0.3, -0.25) is 9.59 Å². The molecule has 3 aromatic rings. The Kier molecular flexibility index (Phi) is 5.04.